The van der Waals surface area contributed by atoms with Crippen molar-refractivity contribution in [1.82, 2.24) is 4.90 Å². The van der Waals surface area contributed by atoms with Crippen LogP contribution in [0.25, 0.3) is 6.08 Å². The number of hydrogen-bond acceptors (Lipinski definition) is 2. The van der Waals surface area contributed by atoms with Gasteiger partial charge in [-0.1, -0.05) is 51.0 Å². The number of carbonyl (C=O) groups excluding carboxylic acids is 1. The topological polar surface area (TPSA) is 40.5 Å². The fourth-order valence-electron chi connectivity index (χ4n) is 4.04. The van der Waals surface area contributed by atoms with Crippen molar-refractivity contribution in [2.45, 2.75) is 57.5 Å². The molecule has 0 spiro atoms. The molecule has 3 heteroatoms. The van der Waals surface area contributed by atoms with E-state index in [4.69, 9.17) is 0 Å². The number of hydrogen-bond donors (Lipinski definition) is 1. The molecule has 0 aromatic heterocycles. The molecule has 1 heterocycles. The number of rotatable bonds is 3. The van der Waals surface area contributed by atoms with Crippen molar-refractivity contribution >= 4 is 12.0 Å². The summed E-state index contributed by atoms with van der Waals surface area (Å²) in [4.78, 5) is 14.4. The van der Waals surface area contributed by atoms with Crippen LogP contribution < -0.4 is 0 Å². The maximum atomic E-state index is 12.5. The summed E-state index contributed by atoms with van der Waals surface area (Å²) in [6.45, 7) is 5.72. The molecule has 130 valence electrons. The molecule has 1 saturated heterocycles. The summed E-state index contributed by atoms with van der Waals surface area (Å²) in [5.74, 6) is 0.838. The maximum Gasteiger partial charge on any atom is 0.246 e. The van der Waals surface area contributed by atoms with Crippen LogP contribution in [0, 0.1) is 5.92 Å². The molecule has 24 heavy (non-hydrogen) atoms. The van der Waals surface area contributed by atoms with Gasteiger partial charge in [0.15, 0.2) is 0 Å². The maximum absolute atomic E-state index is 12.5. The van der Waals surface area contributed by atoms with E-state index in [0.29, 0.717) is 19.0 Å². The van der Waals surface area contributed by atoms with Gasteiger partial charge >= 0.3 is 0 Å². The molecule has 0 unspecified atom stereocenters. The van der Waals surface area contributed by atoms with Crippen LogP contribution in [-0.4, -0.2) is 34.6 Å². The molecule has 0 radical (unpaired) electrons. The quantitative estimate of drug-likeness (QED) is 0.853. The zero-order chi connectivity index (χ0) is 17.2. The minimum Gasteiger partial charge on any atom is -0.389 e. The molecule has 1 aliphatic carbocycles. The molecule has 1 amide bonds. The first kappa shape index (κ1) is 17.2. The number of nitrogens with zero attached hydrogens (tertiary/aromatic N) is 1. The Morgan fingerprint density at radius 1 is 1.25 bits per heavy atom. The standard InChI is InChI=1S/C21H29NO2/c1-16(2)18-9-6-17(7-10-18)8-11-20(23)22-14-13-21(24)12-4-3-5-19(21)15-22/h6-11,16,19,24H,3-5,12-15H2,1-2H3/b11-8+/t19-,21-/m0/s1. The summed E-state index contributed by atoms with van der Waals surface area (Å²) in [6, 6.07) is 8.38. The van der Waals surface area contributed by atoms with Crippen molar-refractivity contribution in [2.24, 2.45) is 5.92 Å². The third kappa shape index (κ3) is 3.72. The lowest BCUT2D eigenvalue weighted by molar-refractivity contribution is -0.138. The minimum absolute atomic E-state index is 0.0653. The van der Waals surface area contributed by atoms with E-state index in [1.54, 1.807) is 6.08 Å². The second-order valence-corrected chi connectivity index (χ2v) is 7.74. The van der Waals surface area contributed by atoms with Crippen LogP contribution in [0.1, 0.15) is 63.0 Å². The Bertz CT molecular complexity index is 605. The molecule has 0 bridgehead atoms. The van der Waals surface area contributed by atoms with Crippen LogP contribution in [0.15, 0.2) is 30.3 Å². The van der Waals surface area contributed by atoms with E-state index in [-0.39, 0.29) is 11.8 Å². The highest BCUT2D eigenvalue weighted by molar-refractivity contribution is 5.91. The first-order valence-corrected chi connectivity index (χ1v) is 9.27. The third-order valence-electron chi connectivity index (χ3n) is 5.76. The van der Waals surface area contributed by atoms with Crippen LogP contribution in [0.5, 0.6) is 0 Å². The van der Waals surface area contributed by atoms with Gasteiger partial charge in [0.25, 0.3) is 0 Å². The monoisotopic (exact) mass is 327 g/mol. The van der Waals surface area contributed by atoms with Crippen molar-refractivity contribution in [3.05, 3.63) is 41.5 Å². The van der Waals surface area contributed by atoms with Gasteiger partial charge in [-0.2, -0.15) is 0 Å². The van der Waals surface area contributed by atoms with Gasteiger partial charge in [-0.05, 0) is 42.4 Å². The van der Waals surface area contributed by atoms with Crippen LogP contribution in [0.3, 0.4) is 0 Å². The predicted octanol–water partition coefficient (Wildman–Crippen LogP) is 3.98. The average Bonchev–Trinajstić information content (AvgIpc) is 2.59. The van der Waals surface area contributed by atoms with Crippen LogP contribution >= 0.6 is 0 Å². The summed E-state index contributed by atoms with van der Waals surface area (Å²) in [7, 11) is 0. The van der Waals surface area contributed by atoms with Gasteiger partial charge in [0.05, 0.1) is 5.60 Å². The first-order valence-electron chi connectivity index (χ1n) is 9.27. The van der Waals surface area contributed by atoms with E-state index in [0.717, 1.165) is 31.2 Å². The lowest BCUT2D eigenvalue weighted by Crippen LogP contribution is -2.54. The molecule has 1 aromatic carbocycles. The number of amides is 1. The van der Waals surface area contributed by atoms with Crippen LogP contribution in [0.2, 0.25) is 0 Å². The van der Waals surface area contributed by atoms with Gasteiger partial charge in [0, 0.05) is 25.1 Å². The summed E-state index contributed by atoms with van der Waals surface area (Å²) >= 11 is 0. The number of likely N-dealkylation sites (tertiary alicyclic amines) is 1. The molecule has 1 aromatic rings. The average molecular weight is 327 g/mol. The molecule has 3 rings (SSSR count). The normalized spacial score (nSPS) is 27.5. The van der Waals surface area contributed by atoms with Gasteiger partial charge in [0.1, 0.15) is 0 Å². The number of piperidine rings is 1. The highest BCUT2D eigenvalue weighted by Crippen LogP contribution is 2.39. The molecular weight excluding hydrogens is 298 g/mol. The number of benzene rings is 1. The lowest BCUT2D eigenvalue weighted by Gasteiger charge is -2.47. The van der Waals surface area contributed by atoms with E-state index < -0.39 is 5.60 Å². The fourth-order valence-corrected chi connectivity index (χ4v) is 4.04. The molecule has 3 nitrogen and oxygen atoms in total. The largest absolute Gasteiger partial charge is 0.389 e. The Morgan fingerprint density at radius 2 is 2.00 bits per heavy atom. The number of carbonyl (C=O) groups is 1. The molecule has 1 aliphatic heterocycles. The van der Waals surface area contributed by atoms with E-state index in [1.165, 1.54) is 12.0 Å². The highest BCUT2D eigenvalue weighted by Gasteiger charge is 2.43. The molecule has 2 atom stereocenters. The van der Waals surface area contributed by atoms with Crippen LogP contribution in [0.4, 0.5) is 0 Å². The summed E-state index contributed by atoms with van der Waals surface area (Å²) in [5.41, 5.74) is 1.84. The predicted molar refractivity (Wildman–Crippen MR) is 97.7 cm³/mol. The molecular formula is C21H29NO2. The number of fused-ring (bicyclic) bond motifs is 1. The SMILES string of the molecule is CC(C)c1ccc(/C=C/C(=O)N2CC[C@@]3(O)CCCC[C@H]3C2)cc1. The second kappa shape index (κ2) is 7.10. The zero-order valence-electron chi connectivity index (χ0n) is 14.9. The molecule has 2 fully saturated rings. The van der Waals surface area contributed by atoms with E-state index in [2.05, 4.69) is 38.1 Å². The van der Waals surface area contributed by atoms with Gasteiger partial charge in [-0.25, -0.2) is 0 Å². The van der Waals surface area contributed by atoms with E-state index in [1.807, 2.05) is 11.0 Å². The molecule has 1 saturated carbocycles. The Hall–Kier alpha value is -1.61. The summed E-state index contributed by atoms with van der Waals surface area (Å²) < 4.78 is 0. The first-order chi connectivity index (χ1) is 11.5. The van der Waals surface area contributed by atoms with Crippen molar-refractivity contribution in [3.8, 4) is 0 Å². The Morgan fingerprint density at radius 3 is 2.71 bits per heavy atom. The lowest BCUT2D eigenvalue weighted by atomic mass is 9.71. The van der Waals surface area contributed by atoms with Crippen molar-refractivity contribution < 1.29 is 9.90 Å². The zero-order valence-corrected chi connectivity index (χ0v) is 14.9. The number of aliphatic hydroxyl groups is 1. The fraction of sp³-hybridized carbons (Fsp3) is 0.571. The Balaban J connectivity index is 1.60. The van der Waals surface area contributed by atoms with Crippen molar-refractivity contribution in [1.29, 1.82) is 0 Å². The van der Waals surface area contributed by atoms with Gasteiger partial charge < -0.3 is 10.0 Å². The Kier molecular flexibility index (Phi) is 5.09. The third-order valence-corrected chi connectivity index (χ3v) is 5.76. The Labute approximate surface area is 145 Å². The highest BCUT2D eigenvalue weighted by atomic mass is 16.3. The van der Waals surface area contributed by atoms with E-state index >= 15 is 0 Å². The van der Waals surface area contributed by atoms with Gasteiger partial charge in [0.2, 0.25) is 5.91 Å². The van der Waals surface area contributed by atoms with Crippen molar-refractivity contribution in [3.63, 3.8) is 0 Å². The van der Waals surface area contributed by atoms with E-state index in [9.17, 15) is 9.90 Å². The van der Waals surface area contributed by atoms with Crippen molar-refractivity contribution in [2.75, 3.05) is 13.1 Å². The minimum atomic E-state index is -0.522. The molecule has 2 aliphatic rings. The van der Waals surface area contributed by atoms with Gasteiger partial charge in [-0.3, -0.25) is 4.79 Å². The summed E-state index contributed by atoms with van der Waals surface area (Å²) in [6.07, 6.45) is 8.53. The van der Waals surface area contributed by atoms with Crippen LogP contribution in [-0.2, 0) is 4.79 Å². The second-order valence-electron chi connectivity index (χ2n) is 7.74. The smallest absolute Gasteiger partial charge is 0.246 e. The molecule has 1 N–H and O–H groups in total. The summed E-state index contributed by atoms with van der Waals surface area (Å²) in [5, 5.41) is 10.7. The van der Waals surface area contributed by atoms with Gasteiger partial charge in [-0.15, -0.1) is 0 Å².